The molecule has 5 rings (SSSR count). The minimum atomic E-state index is -1.95. The molecule has 1 N–H and O–H groups in total. The Morgan fingerprint density at radius 3 is 2.67 bits per heavy atom. The second-order valence-corrected chi connectivity index (χ2v) is 12.8. The minimum absolute atomic E-state index is 0.175. The Kier molecular flexibility index (Phi) is 5.67. The number of fused-ring (bicyclic) bond motifs is 1. The molecule has 2 fully saturated rings. The first-order valence-corrected chi connectivity index (χ1v) is 13.8. The zero-order valence-electron chi connectivity index (χ0n) is 18.6. The first kappa shape index (κ1) is 22.0. The van der Waals surface area contributed by atoms with Gasteiger partial charge in [0.15, 0.2) is 0 Å². The number of hydrogen-bond donors (Lipinski definition) is 1. The SMILES string of the molecule is CP1(=O)CCN(Cc2ccnc(-c3ccc4c(c3)CN(C3CCC(=O)NC3=O)C4=O)c2)CC1. The Bertz CT molecular complexity index is 1180. The fourth-order valence-corrected chi connectivity index (χ4v) is 6.45. The van der Waals surface area contributed by atoms with Crippen LogP contribution in [0.5, 0.6) is 0 Å². The maximum absolute atomic E-state index is 12.9. The van der Waals surface area contributed by atoms with Crippen LogP contribution >= 0.6 is 7.14 Å². The third kappa shape index (κ3) is 4.50. The Hall–Kier alpha value is -2.83. The molecule has 2 aromatic rings. The van der Waals surface area contributed by atoms with Crippen molar-refractivity contribution in [3.05, 3.63) is 53.2 Å². The van der Waals surface area contributed by atoms with Gasteiger partial charge in [0.05, 0.1) is 12.8 Å². The van der Waals surface area contributed by atoms with Gasteiger partial charge in [-0.05, 0) is 48.5 Å². The van der Waals surface area contributed by atoms with Gasteiger partial charge in [0.2, 0.25) is 11.8 Å². The Labute approximate surface area is 192 Å². The van der Waals surface area contributed by atoms with Crippen molar-refractivity contribution >= 4 is 24.9 Å². The highest BCUT2D eigenvalue weighted by atomic mass is 31.2. The second-order valence-electron chi connectivity index (χ2n) is 9.34. The second kappa shape index (κ2) is 8.50. The van der Waals surface area contributed by atoms with Gasteiger partial charge in [0.25, 0.3) is 5.91 Å². The number of nitrogens with one attached hydrogen (secondary N) is 1. The summed E-state index contributed by atoms with van der Waals surface area (Å²) in [5.74, 6) is -0.868. The molecule has 1 aromatic carbocycles. The number of amides is 3. The molecular formula is C24H27N4O4P. The molecule has 0 aliphatic carbocycles. The third-order valence-electron chi connectivity index (χ3n) is 6.83. The number of benzene rings is 1. The van der Waals surface area contributed by atoms with Crippen LogP contribution in [0, 0.1) is 0 Å². The van der Waals surface area contributed by atoms with Crippen LogP contribution in [0.15, 0.2) is 36.5 Å². The van der Waals surface area contributed by atoms with Gasteiger partial charge in [-0.3, -0.25) is 29.6 Å². The van der Waals surface area contributed by atoms with Crippen LogP contribution < -0.4 is 5.32 Å². The van der Waals surface area contributed by atoms with E-state index in [2.05, 4.69) is 21.3 Å². The average Bonchev–Trinajstić information content (AvgIpc) is 3.11. The van der Waals surface area contributed by atoms with E-state index in [4.69, 9.17) is 0 Å². The van der Waals surface area contributed by atoms with Crippen molar-refractivity contribution in [2.24, 2.45) is 0 Å². The van der Waals surface area contributed by atoms with E-state index in [1.165, 1.54) is 0 Å². The maximum atomic E-state index is 12.9. The average molecular weight is 466 g/mol. The van der Waals surface area contributed by atoms with Crippen molar-refractivity contribution in [2.45, 2.75) is 32.0 Å². The molecule has 172 valence electrons. The number of imide groups is 1. The molecular weight excluding hydrogens is 439 g/mol. The van der Waals surface area contributed by atoms with Crippen LogP contribution in [0.1, 0.15) is 34.3 Å². The fraction of sp³-hybridized carbons (Fsp3) is 0.417. The number of pyridine rings is 1. The molecule has 33 heavy (non-hydrogen) atoms. The van der Waals surface area contributed by atoms with Gasteiger partial charge in [-0.25, -0.2) is 0 Å². The smallest absolute Gasteiger partial charge is 0.255 e. The molecule has 0 saturated carbocycles. The summed E-state index contributed by atoms with van der Waals surface area (Å²) in [5.41, 5.74) is 4.36. The Balaban J connectivity index is 1.32. The van der Waals surface area contributed by atoms with Crippen LogP contribution in [-0.2, 0) is 27.2 Å². The molecule has 1 unspecified atom stereocenters. The molecule has 1 atom stereocenters. The van der Waals surface area contributed by atoms with Crippen molar-refractivity contribution in [3.63, 3.8) is 0 Å². The largest absolute Gasteiger partial charge is 0.324 e. The van der Waals surface area contributed by atoms with Crippen LogP contribution in [-0.4, -0.2) is 70.6 Å². The van der Waals surface area contributed by atoms with E-state index >= 15 is 0 Å². The van der Waals surface area contributed by atoms with Gasteiger partial charge in [-0.2, -0.15) is 0 Å². The molecule has 2 saturated heterocycles. The Morgan fingerprint density at radius 1 is 1.12 bits per heavy atom. The Morgan fingerprint density at radius 2 is 1.91 bits per heavy atom. The lowest BCUT2D eigenvalue weighted by Gasteiger charge is -2.30. The fourth-order valence-electron chi connectivity index (χ4n) is 4.81. The van der Waals surface area contributed by atoms with Gasteiger partial charge in [0.1, 0.15) is 6.04 Å². The normalized spacial score (nSPS) is 22.9. The predicted molar refractivity (Wildman–Crippen MR) is 124 cm³/mol. The van der Waals surface area contributed by atoms with E-state index in [0.717, 1.165) is 54.3 Å². The first-order valence-electron chi connectivity index (χ1n) is 11.3. The monoisotopic (exact) mass is 466 g/mol. The summed E-state index contributed by atoms with van der Waals surface area (Å²) in [6.07, 6.45) is 3.94. The van der Waals surface area contributed by atoms with E-state index in [0.29, 0.717) is 18.5 Å². The van der Waals surface area contributed by atoms with E-state index in [9.17, 15) is 18.9 Å². The summed E-state index contributed by atoms with van der Waals surface area (Å²) in [4.78, 5) is 45.1. The predicted octanol–water partition coefficient (Wildman–Crippen LogP) is 2.32. The van der Waals surface area contributed by atoms with Gasteiger partial charge >= 0.3 is 0 Å². The molecule has 1 aromatic heterocycles. The topological polar surface area (TPSA) is 99.7 Å². The summed E-state index contributed by atoms with van der Waals surface area (Å²) >= 11 is 0. The van der Waals surface area contributed by atoms with E-state index < -0.39 is 19.1 Å². The van der Waals surface area contributed by atoms with Crippen molar-refractivity contribution < 1.29 is 18.9 Å². The van der Waals surface area contributed by atoms with Gasteiger partial charge in [-0.1, -0.05) is 6.07 Å². The number of rotatable bonds is 4. The summed E-state index contributed by atoms with van der Waals surface area (Å²) in [5, 5.41) is 2.33. The highest BCUT2D eigenvalue weighted by molar-refractivity contribution is 7.63. The van der Waals surface area contributed by atoms with Crippen LogP contribution in [0.4, 0.5) is 0 Å². The number of carbonyl (C=O) groups excluding carboxylic acids is 3. The molecule has 0 bridgehead atoms. The number of nitrogens with zero attached hydrogens (tertiary/aromatic N) is 3. The molecule has 4 heterocycles. The van der Waals surface area contributed by atoms with E-state index in [1.807, 2.05) is 24.9 Å². The van der Waals surface area contributed by atoms with Crippen molar-refractivity contribution in [1.29, 1.82) is 0 Å². The zero-order chi connectivity index (χ0) is 23.2. The first-order chi connectivity index (χ1) is 15.8. The van der Waals surface area contributed by atoms with Gasteiger partial charge in [0, 0.05) is 62.2 Å². The quantitative estimate of drug-likeness (QED) is 0.549. The van der Waals surface area contributed by atoms with E-state index in [1.54, 1.807) is 17.2 Å². The molecule has 0 spiro atoms. The van der Waals surface area contributed by atoms with Crippen molar-refractivity contribution in [3.8, 4) is 11.3 Å². The van der Waals surface area contributed by atoms with Crippen LogP contribution in [0.3, 0.4) is 0 Å². The summed E-state index contributed by atoms with van der Waals surface area (Å²) in [6.45, 7) is 4.74. The number of piperidine rings is 1. The lowest BCUT2D eigenvalue weighted by Crippen LogP contribution is -2.52. The third-order valence-corrected chi connectivity index (χ3v) is 9.12. The number of carbonyl (C=O) groups is 3. The van der Waals surface area contributed by atoms with Gasteiger partial charge < -0.3 is 9.46 Å². The molecule has 3 aliphatic rings. The molecule has 3 aliphatic heterocycles. The van der Waals surface area contributed by atoms with Crippen molar-refractivity contribution in [1.82, 2.24) is 20.1 Å². The number of aromatic nitrogens is 1. The van der Waals surface area contributed by atoms with Crippen molar-refractivity contribution in [2.75, 3.05) is 32.1 Å². The molecule has 3 amide bonds. The summed E-state index contributed by atoms with van der Waals surface area (Å²) < 4.78 is 12.2. The lowest BCUT2D eigenvalue weighted by atomic mass is 10.0. The lowest BCUT2D eigenvalue weighted by molar-refractivity contribution is -0.136. The van der Waals surface area contributed by atoms with Gasteiger partial charge in [-0.15, -0.1) is 0 Å². The zero-order valence-corrected chi connectivity index (χ0v) is 19.5. The van der Waals surface area contributed by atoms with E-state index in [-0.39, 0.29) is 18.2 Å². The summed E-state index contributed by atoms with van der Waals surface area (Å²) in [7, 11) is -1.95. The maximum Gasteiger partial charge on any atom is 0.255 e. The standard InChI is InChI=1S/C24H27N4O4P/c1-33(32)10-8-27(9-11-33)14-16-6-7-25-20(12-16)17-2-3-19-18(13-17)15-28(24(19)31)21-4-5-22(29)26-23(21)30/h2-3,6-7,12-13,21H,4-5,8-11,14-15H2,1H3,(H,26,29,30). The van der Waals surface area contributed by atoms with Crippen LogP contribution in [0.2, 0.25) is 0 Å². The number of hydrogen-bond acceptors (Lipinski definition) is 6. The minimum Gasteiger partial charge on any atom is -0.324 e. The molecule has 0 radical (unpaired) electrons. The molecule has 9 heteroatoms. The van der Waals surface area contributed by atoms with Crippen LogP contribution in [0.25, 0.3) is 11.3 Å². The summed E-state index contributed by atoms with van der Waals surface area (Å²) in [6, 6.07) is 9.12. The highest BCUT2D eigenvalue weighted by Crippen LogP contribution is 2.43. The molecule has 8 nitrogen and oxygen atoms in total. The highest BCUT2D eigenvalue weighted by Gasteiger charge is 2.39.